The topological polar surface area (TPSA) is 58.6 Å². The molecule has 0 saturated heterocycles. The van der Waals surface area contributed by atoms with Crippen molar-refractivity contribution in [2.75, 3.05) is 13.2 Å². The molecule has 0 aliphatic heterocycles. The van der Waals surface area contributed by atoms with Gasteiger partial charge in [0.1, 0.15) is 11.8 Å². The molecule has 2 rings (SSSR count). The van der Waals surface area contributed by atoms with Gasteiger partial charge in [0.25, 0.3) is 5.91 Å². The number of benzene rings is 2. The molecule has 2 aromatic rings. The number of rotatable bonds is 11. The summed E-state index contributed by atoms with van der Waals surface area (Å²) in [5, 5.41) is 2.96. The minimum absolute atomic E-state index is 0.102. The van der Waals surface area contributed by atoms with E-state index < -0.39 is 6.04 Å². The molecule has 156 valence electrons. The van der Waals surface area contributed by atoms with Gasteiger partial charge in [-0.1, -0.05) is 62.7 Å². The lowest BCUT2D eigenvalue weighted by atomic mass is 10.1. The summed E-state index contributed by atoms with van der Waals surface area (Å²) in [6.45, 7) is 6.88. The zero-order chi connectivity index (χ0) is 21.1. The van der Waals surface area contributed by atoms with Crippen LogP contribution in [0.2, 0.25) is 0 Å². The molecule has 1 unspecified atom stereocenters. The molecule has 1 atom stereocenters. The van der Waals surface area contributed by atoms with Crippen molar-refractivity contribution >= 4 is 11.8 Å². The van der Waals surface area contributed by atoms with Crippen molar-refractivity contribution in [3.63, 3.8) is 0 Å². The van der Waals surface area contributed by atoms with E-state index in [0.717, 1.165) is 24.0 Å². The number of carbonyl (C=O) groups excluding carboxylic acids is 2. The Labute approximate surface area is 174 Å². The second kappa shape index (κ2) is 11.9. The number of nitrogens with one attached hydrogen (secondary N) is 1. The average molecular weight is 397 g/mol. The smallest absolute Gasteiger partial charge is 0.261 e. The van der Waals surface area contributed by atoms with Gasteiger partial charge in [0.05, 0.1) is 0 Å². The van der Waals surface area contributed by atoms with Crippen molar-refractivity contribution in [2.45, 2.75) is 52.6 Å². The van der Waals surface area contributed by atoms with Crippen LogP contribution in [0.25, 0.3) is 0 Å². The average Bonchev–Trinajstić information content (AvgIpc) is 2.73. The van der Waals surface area contributed by atoms with E-state index in [-0.39, 0.29) is 18.4 Å². The molecule has 0 aliphatic rings. The molecule has 5 nitrogen and oxygen atoms in total. The second-order valence-corrected chi connectivity index (χ2v) is 7.18. The number of amides is 2. The summed E-state index contributed by atoms with van der Waals surface area (Å²) < 4.78 is 5.72. The summed E-state index contributed by atoms with van der Waals surface area (Å²) in [6.07, 6.45) is 2.47. The molecular weight excluding hydrogens is 364 g/mol. The van der Waals surface area contributed by atoms with Gasteiger partial charge in [-0.05, 0) is 43.0 Å². The van der Waals surface area contributed by atoms with Crippen molar-refractivity contribution in [1.82, 2.24) is 10.2 Å². The molecule has 29 heavy (non-hydrogen) atoms. The Kier molecular flexibility index (Phi) is 9.22. The Morgan fingerprint density at radius 3 is 2.48 bits per heavy atom. The summed E-state index contributed by atoms with van der Waals surface area (Å²) >= 11 is 0. The number of aryl methyl sites for hydroxylation is 1. The van der Waals surface area contributed by atoms with Crippen molar-refractivity contribution in [3.8, 4) is 5.75 Å². The first-order chi connectivity index (χ1) is 14.0. The summed E-state index contributed by atoms with van der Waals surface area (Å²) in [6, 6.07) is 16.8. The third-order valence-corrected chi connectivity index (χ3v) is 4.76. The van der Waals surface area contributed by atoms with E-state index >= 15 is 0 Å². The fourth-order valence-corrected chi connectivity index (χ4v) is 3.14. The van der Waals surface area contributed by atoms with Crippen LogP contribution in [0.3, 0.4) is 0 Å². The van der Waals surface area contributed by atoms with Crippen LogP contribution < -0.4 is 10.1 Å². The van der Waals surface area contributed by atoms with E-state index in [0.29, 0.717) is 25.3 Å². The molecule has 0 radical (unpaired) electrons. The molecule has 0 saturated carbocycles. The quantitative estimate of drug-likeness (QED) is 0.582. The molecule has 2 amide bonds. The van der Waals surface area contributed by atoms with Gasteiger partial charge in [-0.15, -0.1) is 0 Å². The number of hydrogen-bond donors (Lipinski definition) is 1. The van der Waals surface area contributed by atoms with Crippen LogP contribution in [0.15, 0.2) is 54.6 Å². The highest BCUT2D eigenvalue weighted by atomic mass is 16.5. The predicted molar refractivity (Wildman–Crippen MR) is 116 cm³/mol. The van der Waals surface area contributed by atoms with Gasteiger partial charge in [0.15, 0.2) is 6.61 Å². The van der Waals surface area contributed by atoms with Crippen molar-refractivity contribution in [3.05, 3.63) is 65.7 Å². The van der Waals surface area contributed by atoms with Crippen molar-refractivity contribution < 1.29 is 14.3 Å². The molecule has 0 spiro atoms. The molecular formula is C24H32N2O3. The Balaban J connectivity index is 2.13. The van der Waals surface area contributed by atoms with Gasteiger partial charge < -0.3 is 15.0 Å². The Hall–Kier alpha value is -2.82. The first-order valence-corrected chi connectivity index (χ1v) is 10.4. The SMILES string of the molecule is CCCCNC(=O)C(CC)N(Cc1ccccc1)C(=O)COc1cccc(C)c1. The fraction of sp³-hybridized carbons (Fsp3) is 0.417. The van der Waals surface area contributed by atoms with E-state index in [4.69, 9.17) is 4.74 Å². The zero-order valence-electron chi connectivity index (χ0n) is 17.7. The minimum Gasteiger partial charge on any atom is -0.484 e. The monoisotopic (exact) mass is 396 g/mol. The number of unbranched alkanes of at least 4 members (excludes halogenated alkanes) is 1. The maximum atomic E-state index is 13.1. The van der Waals surface area contributed by atoms with E-state index in [2.05, 4.69) is 12.2 Å². The fourth-order valence-electron chi connectivity index (χ4n) is 3.14. The number of nitrogens with zero attached hydrogens (tertiary/aromatic N) is 1. The van der Waals surface area contributed by atoms with Crippen LogP contribution in [0.4, 0.5) is 0 Å². The standard InChI is InChI=1S/C24H32N2O3/c1-4-6-15-25-24(28)22(5-2)26(17-20-12-8-7-9-13-20)23(27)18-29-21-14-10-11-19(3)16-21/h7-14,16,22H,4-6,15,17-18H2,1-3H3,(H,25,28). The molecule has 1 N–H and O–H groups in total. The van der Waals surface area contributed by atoms with Gasteiger partial charge in [-0.3, -0.25) is 9.59 Å². The third kappa shape index (κ3) is 7.26. The minimum atomic E-state index is -0.527. The Bertz CT molecular complexity index is 777. The van der Waals surface area contributed by atoms with Gasteiger partial charge in [0.2, 0.25) is 5.91 Å². The lowest BCUT2D eigenvalue weighted by Gasteiger charge is -2.30. The van der Waals surface area contributed by atoms with Crippen LogP contribution in [-0.2, 0) is 16.1 Å². The van der Waals surface area contributed by atoms with Crippen LogP contribution in [0, 0.1) is 6.92 Å². The lowest BCUT2D eigenvalue weighted by molar-refractivity contribution is -0.143. The molecule has 0 bridgehead atoms. The summed E-state index contributed by atoms with van der Waals surface area (Å²) in [4.78, 5) is 27.5. The highest BCUT2D eigenvalue weighted by Crippen LogP contribution is 2.15. The highest BCUT2D eigenvalue weighted by Gasteiger charge is 2.28. The van der Waals surface area contributed by atoms with Gasteiger partial charge in [-0.25, -0.2) is 0 Å². The lowest BCUT2D eigenvalue weighted by Crippen LogP contribution is -2.50. The molecule has 2 aromatic carbocycles. The van der Waals surface area contributed by atoms with Crippen LogP contribution >= 0.6 is 0 Å². The highest BCUT2D eigenvalue weighted by molar-refractivity contribution is 5.88. The molecule has 0 heterocycles. The molecule has 0 aliphatic carbocycles. The van der Waals surface area contributed by atoms with Gasteiger partial charge in [-0.2, -0.15) is 0 Å². The largest absolute Gasteiger partial charge is 0.484 e. The maximum absolute atomic E-state index is 13.1. The van der Waals surface area contributed by atoms with Crippen LogP contribution in [0.1, 0.15) is 44.2 Å². The predicted octanol–water partition coefficient (Wildman–Crippen LogP) is 4.10. The third-order valence-electron chi connectivity index (χ3n) is 4.76. The van der Waals surface area contributed by atoms with E-state index in [1.807, 2.05) is 68.4 Å². The second-order valence-electron chi connectivity index (χ2n) is 7.18. The van der Waals surface area contributed by atoms with Crippen molar-refractivity contribution in [2.24, 2.45) is 0 Å². The Morgan fingerprint density at radius 1 is 1.07 bits per heavy atom. The van der Waals surface area contributed by atoms with Crippen LogP contribution in [0.5, 0.6) is 5.75 Å². The number of carbonyl (C=O) groups is 2. The first kappa shape index (κ1) is 22.5. The summed E-state index contributed by atoms with van der Waals surface area (Å²) in [5.74, 6) is 0.340. The van der Waals surface area contributed by atoms with E-state index in [1.165, 1.54) is 0 Å². The first-order valence-electron chi connectivity index (χ1n) is 10.4. The van der Waals surface area contributed by atoms with E-state index in [1.54, 1.807) is 4.90 Å². The number of hydrogen-bond acceptors (Lipinski definition) is 3. The Morgan fingerprint density at radius 2 is 1.83 bits per heavy atom. The van der Waals surface area contributed by atoms with Crippen LogP contribution in [-0.4, -0.2) is 35.9 Å². The van der Waals surface area contributed by atoms with E-state index in [9.17, 15) is 9.59 Å². The van der Waals surface area contributed by atoms with Crippen molar-refractivity contribution in [1.29, 1.82) is 0 Å². The maximum Gasteiger partial charge on any atom is 0.261 e. The molecule has 0 fully saturated rings. The molecule has 0 aromatic heterocycles. The van der Waals surface area contributed by atoms with Gasteiger partial charge >= 0.3 is 0 Å². The number of ether oxygens (including phenoxy) is 1. The molecule has 5 heteroatoms. The summed E-state index contributed by atoms with van der Waals surface area (Å²) in [7, 11) is 0. The van der Waals surface area contributed by atoms with Gasteiger partial charge in [0, 0.05) is 13.1 Å². The summed E-state index contributed by atoms with van der Waals surface area (Å²) in [5.41, 5.74) is 2.05. The normalized spacial score (nSPS) is 11.6. The zero-order valence-corrected chi connectivity index (χ0v) is 17.7.